The smallest absolute Gasteiger partial charge is 0.0936 e. The Labute approximate surface area is 66.8 Å². The highest BCUT2D eigenvalue weighted by atomic mass is 19.1. The molecule has 1 fully saturated rings. The third kappa shape index (κ3) is 1.13. The molecule has 60 valence electrons. The zero-order valence-electron chi connectivity index (χ0n) is 6.65. The van der Waals surface area contributed by atoms with E-state index >= 15 is 0 Å². The summed E-state index contributed by atoms with van der Waals surface area (Å²) in [7, 11) is 0. The predicted octanol–water partition coefficient (Wildman–Crippen LogP) is 3.22. The molecule has 0 radical (unpaired) electrons. The molecule has 2 bridgehead atoms. The van der Waals surface area contributed by atoms with Gasteiger partial charge < -0.3 is 0 Å². The molecule has 1 heteroatoms. The van der Waals surface area contributed by atoms with E-state index in [1.54, 1.807) is 0 Å². The van der Waals surface area contributed by atoms with Crippen LogP contribution >= 0.6 is 0 Å². The number of halogens is 1. The van der Waals surface area contributed by atoms with E-state index < -0.39 is 0 Å². The van der Waals surface area contributed by atoms with Crippen molar-refractivity contribution < 1.29 is 4.39 Å². The Kier molecular flexibility index (Phi) is 1.41. The Morgan fingerprint density at radius 1 is 1.73 bits per heavy atom. The Bertz CT molecular complexity index is 217. The molecule has 0 aromatic carbocycles. The molecule has 0 heterocycles. The van der Waals surface area contributed by atoms with Gasteiger partial charge in [0.1, 0.15) is 0 Å². The summed E-state index contributed by atoms with van der Waals surface area (Å²) in [4.78, 5) is 0. The van der Waals surface area contributed by atoms with Crippen LogP contribution in [-0.4, -0.2) is 0 Å². The summed E-state index contributed by atoms with van der Waals surface area (Å²) in [6.45, 7) is 3.33. The van der Waals surface area contributed by atoms with Gasteiger partial charge in [-0.05, 0) is 30.6 Å². The van der Waals surface area contributed by atoms with Gasteiger partial charge in [-0.2, -0.15) is 0 Å². The van der Waals surface area contributed by atoms with E-state index in [0.717, 1.165) is 18.8 Å². The largest absolute Gasteiger partial charge is 0.212 e. The minimum absolute atomic E-state index is 0.155. The summed E-state index contributed by atoms with van der Waals surface area (Å²) in [5, 5.41) is 0. The summed E-state index contributed by atoms with van der Waals surface area (Å²) in [6, 6.07) is 0. The van der Waals surface area contributed by atoms with Gasteiger partial charge in [-0.25, -0.2) is 4.39 Å². The average molecular weight is 152 g/mol. The molecule has 1 saturated carbocycles. The predicted molar refractivity (Wildman–Crippen MR) is 43.8 cm³/mol. The van der Waals surface area contributed by atoms with E-state index in [2.05, 4.69) is 18.7 Å². The van der Waals surface area contributed by atoms with Crippen LogP contribution in [0.2, 0.25) is 0 Å². The highest BCUT2D eigenvalue weighted by Gasteiger charge is 2.40. The first-order valence-corrected chi connectivity index (χ1v) is 4.23. The maximum atomic E-state index is 12.6. The Balaban J connectivity index is 2.11. The van der Waals surface area contributed by atoms with Gasteiger partial charge in [-0.3, -0.25) is 0 Å². The molecule has 0 spiro atoms. The number of hydrogen-bond donors (Lipinski definition) is 0. The Hall–Kier alpha value is -0.590. The number of fused-ring (bicyclic) bond motifs is 2. The van der Waals surface area contributed by atoms with Crippen molar-refractivity contribution in [2.24, 2.45) is 11.3 Å². The standard InChI is InChI=1S/C10H13F/c1-8(11)6-10-4-2-9(7-10)3-5-10/h2,4,9H,1,3,5-7H2. The maximum Gasteiger partial charge on any atom is 0.0936 e. The van der Waals surface area contributed by atoms with Crippen LogP contribution < -0.4 is 0 Å². The van der Waals surface area contributed by atoms with Crippen LogP contribution in [0.5, 0.6) is 0 Å². The second-order valence-electron chi connectivity index (χ2n) is 3.92. The maximum absolute atomic E-state index is 12.6. The van der Waals surface area contributed by atoms with Crippen LogP contribution in [0.3, 0.4) is 0 Å². The Morgan fingerprint density at radius 3 is 2.91 bits per heavy atom. The van der Waals surface area contributed by atoms with Crippen molar-refractivity contribution in [3.8, 4) is 0 Å². The molecule has 2 unspecified atom stereocenters. The summed E-state index contributed by atoms with van der Waals surface area (Å²) >= 11 is 0. The zero-order valence-corrected chi connectivity index (χ0v) is 6.65. The molecule has 0 nitrogen and oxygen atoms in total. The third-order valence-corrected chi connectivity index (χ3v) is 2.95. The van der Waals surface area contributed by atoms with Crippen molar-refractivity contribution in [1.82, 2.24) is 0 Å². The molecule has 2 aliphatic carbocycles. The molecule has 0 aromatic rings. The minimum atomic E-state index is -0.155. The van der Waals surface area contributed by atoms with Crippen molar-refractivity contribution in [3.05, 3.63) is 24.6 Å². The lowest BCUT2D eigenvalue weighted by Crippen LogP contribution is -2.10. The highest BCUT2D eigenvalue weighted by molar-refractivity contribution is 5.17. The molecule has 2 aliphatic rings. The molecular formula is C10H13F. The van der Waals surface area contributed by atoms with E-state index in [-0.39, 0.29) is 11.2 Å². The van der Waals surface area contributed by atoms with Crippen molar-refractivity contribution in [2.75, 3.05) is 0 Å². The first-order chi connectivity index (χ1) is 5.20. The monoisotopic (exact) mass is 152 g/mol. The van der Waals surface area contributed by atoms with Crippen molar-refractivity contribution in [3.63, 3.8) is 0 Å². The lowest BCUT2D eigenvalue weighted by molar-refractivity contribution is 0.364. The van der Waals surface area contributed by atoms with Gasteiger partial charge in [0.15, 0.2) is 0 Å². The van der Waals surface area contributed by atoms with Crippen molar-refractivity contribution in [2.45, 2.75) is 25.7 Å². The van der Waals surface area contributed by atoms with Crippen LogP contribution in [0, 0.1) is 11.3 Å². The second kappa shape index (κ2) is 2.20. The van der Waals surface area contributed by atoms with Gasteiger partial charge in [0, 0.05) is 6.42 Å². The lowest BCUT2D eigenvalue weighted by Gasteiger charge is -2.21. The lowest BCUT2D eigenvalue weighted by atomic mass is 9.84. The van der Waals surface area contributed by atoms with E-state index in [9.17, 15) is 4.39 Å². The summed E-state index contributed by atoms with van der Waals surface area (Å²) < 4.78 is 12.6. The Morgan fingerprint density at radius 2 is 2.55 bits per heavy atom. The molecule has 0 amide bonds. The van der Waals surface area contributed by atoms with E-state index in [1.807, 2.05) is 0 Å². The number of allylic oxidation sites excluding steroid dienone is 3. The molecule has 2 rings (SSSR count). The van der Waals surface area contributed by atoms with Crippen LogP contribution in [-0.2, 0) is 0 Å². The van der Waals surface area contributed by atoms with Gasteiger partial charge in [0.2, 0.25) is 0 Å². The van der Waals surface area contributed by atoms with E-state index in [1.165, 1.54) is 6.42 Å². The summed E-state index contributed by atoms with van der Waals surface area (Å²) in [5.74, 6) is 0.589. The first-order valence-electron chi connectivity index (χ1n) is 4.23. The van der Waals surface area contributed by atoms with Crippen LogP contribution in [0.25, 0.3) is 0 Å². The van der Waals surface area contributed by atoms with Crippen LogP contribution in [0.15, 0.2) is 24.6 Å². The fourth-order valence-electron chi connectivity index (χ4n) is 2.46. The highest BCUT2D eigenvalue weighted by Crippen LogP contribution is 2.52. The molecule has 11 heavy (non-hydrogen) atoms. The van der Waals surface area contributed by atoms with E-state index in [0.29, 0.717) is 6.42 Å². The average Bonchev–Trinajstić information content (AvgIpc) is 2.43. The SMILES string of the molecule is C=C(F)CC12C=CC(CC1)C2. The molecular weight excluding hydrogens is 139 g/mol. The van der Waals surface area contributed by atoms with Crippen LogP contribution in [0.4, 0.5) is 4.39 Å². The summed E-state index contributed by atoms with van der Waals surface area (Å²) in [6.07, 6.45) is 8.58. The minimum Gasteiger partial charge on any atom is -0.212 e. The normalized spacial score (nSPS) is 39.9. The fourth-order valence-corrected chi connectivity index (χ4v) is 2.46. The summed E-state index contributed by atoms with van der Waals surface area (Å²) in [5.41, 5.74) is 0.177. The van der Waals surface area contributed by atoms with Crippen LogP contribution in [0.1, 0.15) is 25.7 Å². The molecule has 0 N–H and O–H groups in total. The van der Waals surface area contributed by atoms with Gasteiger partial charge in [0.05, 0.1) is 5.83 Å². The van der Waals surface area contributed by atoms with E-state index in [4.69, 9.17) is 0 Å². The zero-order chi connectivity index (χ0) is 7.90. The van der Waals surface area contributed by atoms with Gasteiger partial charge >= 0.3 is 0 Å². The van der Waals surface area contributed by atoms with Gasteiger partial charge in [-0.1, -0.05) is 18.7 Å². The van der Waals surface area contributed by atoms with Crippen molar-refractivity contribution in [1.29, 1.82) is 0 Å². The quantitative estimate of drug-likeness (QED) is 0.533. The van der Waals surface area contributed by atoms with Crippen molar-refractivity contribution >= 4 is 0 Å². The number of hydrogen-bond acceptors (Lipinski definition) is 0. The molecule has 0 aliphatic heterocycles. The van der Waals surface area contributed by atoms with Gasteiger partial charge in [-0.15, -0.1) is 0 Å². The second-order valence-corrected chi connectivity index (χ2v) is 3.92. The molecule has 2 atom stereocenters. The topological polar surface area (TPSA) is 0 Å². The molecule has 0 saturated heterocycles. The van der Waals surface area contributed by atoms with Gasteiger partial charge in [0.25, 0.3) is 0 Å². The molecule has 0 aromatic heterocycles. The fraction of sp³-hybridized carbons (Fsp3) is 0.600. The number of rotatable bonds is 2. The first kappa shape index (κ1) is 7.08. The third-order valence-electron chi connectivity index (χ3n) is 2.95.